The maximum Gasteiger partial charge on any atom is 0.241 e. The average molecular weight is 284 g/mol. The van der Waals surface area contributed by atoms with Gasteiger partial charge >= 0.3 is 0 Å². The molecule has 1 aliphatic heterocycles. The van der Waals surface area contributed by atoms with Gasteiger partial charge in [0.1, 0.15) is 4.60 Å². The topological polar surface area (TPSA) is 54.0 Å². The SMILES string of the molecule is CC1CCNC1C(=O)Nc1ccc(Br)nc1. The maximum atomic E-state index is 11.9. The second kappa shape index (κ2) is 4.93. The smallest absolute Gasteiger partial charge is 0.241 e. The summed E-state index contributed by atoms with van der Waals surface area (Å²) in [6.45, 7) is 3.00. The van der Waals surface area contributed by atoms with Gasteiger partial charge in [0.2, 0.25) is 5.91 Å². The number of aromatic nitrogens is 1. The Hall–Kier alpha value is -0.940. The van der Waals surface area contributed by atoms with Crippen LogP contribution in [-0.4, -0.2) is 23.5 Å². The highest BCUT2D eigenvalue weighted by Gasteiger charge is 2.29. The molecule has 2 atom stereocenters. The van der Waals surface area contributed by atoms with E-state index in [4.69, 9.17) is 0 Å². The Labute approximate surface area is 103 Å². The van der Waals surface area contributed by atoms with E-state index >= 15 is 0 Å². The monoisotopic (exact) mass is 283 g/mol. The lowest BCUT2D eigenvalue weighted by atomic mass is 10.0. The lowest BCUT2D eigenvalue weighted by molar-refractivity contribution is -0.118. The first-order valence-electron chi connectivity index (χ1n) is 5.32. The summed E-state index contributed by atoms with van der Waals surface area (Å²) in [5, 5.41) is 6.05. The van der Waals surface area contributed by atoms with Gasteiger partial charge in [-0.15, -0.1) is 0 Å². The molecule has 2 heterocycles. The number of hydrogen-bond donors (Lipinski definition) is 2. The number of pyridine rings is 1. The molecule has 4 nitrogen and oxygen atoms in total. The molecule has 2 unspecified atom stereocenters. The number of rotatable bonds is 2. The Morgan fingerprint density at radius 1 is 1.62 bits per heavy atom. The first-order chi connectivity index (χ1) is 7.66. The number of carbonyl (C=O) groups is 1. The van der Waals surface area contributed by atoms with Gasteiger partial charge in [-0.2, -0.15) is 0 Å². The summed E-state index contributed by atoms with van der Waals surface area (Å²) in [5.41, 5.74) is 0.731. The van der Waals surface area contributed by atoms with Crippen molar-refractivity contribution in [2.24, 2.45) is 5.92 Å². The molecule has 86 valence electrons. The average Bonchev–Trinajstić information content (AvgIpc) is 2.68. The second-order valence-corrected chi connectivity index (χ2v) is 4.87. The van der Waals surface area contributed by atoms with Gasteiger partial charge in [-0.25, -0.2) is 4.98 Å². The van der Waals surface area contributed by atoms with Crippen LogP contribution in [0.2, 0.25) is 0 Å². The van der Waals surface area contributed by atoms with E-state index in [-0.39, 0.29) is 11.9 Å². The molecule has 0 saturated carbocycles. The third kappa shape index (κ3) is 2.59. The highest BCUT2D eigenvalue weighted by atomic mass is 79.9. The van der Waals surface area contributed by atoms with Crippen molar-refractivity contribution in [3.05, 3.63) is 22.9 Å². The molecule has 16 heavy (non-hydrogen) atoms. The summed E-state index contributed by atoms with van der Waals surface area (Å²) in [5.74, 6) is 0.414. The summed E-state index contributed by atoms with van der Waals surface area (Å²) < 4.78 is 0.762. The highest BCUT2D eigenvalue weighted by Crippen LogP contribution is 2.17. The number of hydrogen-bond acceptors (Lipinski definition) is 3. The molecule has 2 rings (SSSR count). The lowest BCUT2D eigenvalue weighted by Crippen LogP contribution is -2.39. The number of anilines is 1. The first-order valence-corrected chi connectivity index (χ1v) is 6.12. The van der Waals surface area contributed by atoms with Gasteiger partial charge in [0.15, 0.2) is 0 Å². The Morgan fingerprint density at radius 3 is 3.00 bits per heavy atom. The van der Waals surface area contributed by atoms with Gasteiger partial charge in [-0.3, -0.25) is 4.79 Å². The van der Waals surface area contributed by atoms with Crippen molar-refractivity contribution in [2.75, 3.05) is 11.9 Å². The Kier molecular flexibility index (Phi) is 3.56. The van der Waals surface area contributed by atoms with Crippen LogP contribution in [0.4, 0.5) is 5.69 Å². The van der Waals surface area contributed by atoms with Crippen LogP contribution < -0.4 is 10.6 Å². The third-order valence-electron chi connectivity index (χ3n) is 2.81. The van der Waals surface area contributed by atoms with Crippen LogP contribution in [0.15, 0.2) is 22.9 Å². The minimum atomic E-state index is -0.0800. The molecule has 5 heteroatoms. The van der Waals surface area contributed by atoms with Crippen LogP contribution in [0.25, 0.3) is 0 Å². The fourth-order valence-electron chi connectivity index (χ4n) is 1.86. The molecule has 1 saturated heterocycles. The molecule has 0 radical (unpaired) electrons. The van der Waals surface area contributed by atoms with Crippen molar-refractivity contribution in [3.8, 4) is 0 Å². The van der Waals surface area contributed by atoms with Crippen molar-refractivity contribution >= 4 is 27.5 Å². The van der Waals surface area contributed by atoms with Gasteiger partial charge < -0.3 is 10.6 Å². The van der Waals surface area contributed by atoms with Gasteiger partial charge in [-0.05, 0) is 46.9 Å². The molecule has 1 fully saturated rings. The van der Waals surface area contributed by atoms with Crippen LogP contribution in [0.1, 0.15) is 13.3 Å². The summed E-state index contributed by atoms with van der Waals surface area (Å²) in [6.07, 6.45) is 2.69. The number of halogens is 1. The zero-order valence-corrected chi connectivity index (χ0v) is 10.6. The molecule has 2 N–H and O–H groups in total. The summed E-state index contributed by atoms with van der Waals surface area (Å²) in [4.78, 5) is 16.0. The summed E-state index contributed by atoms with van der Waals surface area (Å²) in [7, 11) is 0. The largest absolute Gasteiger partial charge is 0.323 e. The minimum absolute atomic E-state index is 0.0223. The third-order valence-corrected chi connectivity index (χ3v) is 3.28. The molecular weight excluding hydrogens is 270 g/mol. The molecule has 1 aromatic heterocycles. The van der Waals surface area contributed by atoms with Crippen molar-refractivity contribution < 1.29 is 4.79 Å². The van der Waals surface area contributed by atoms with Crippen molar-refractivity contribution in [1.29, 1.82) is 0 Å². The normalized spacial score (nSPS) is 24.4. The van der Waals surface area contributed by atoms with Crippen molar-refractivity contribution in [1.82, 2.24) is 10.3 Å². The van der Waals surface area contributed by atoms with Crippen molar-refractivity contribution in [2.45, 2.75) is 19.4 Å². The Morgan fingerprint density at radius 2 is 2.44 bits per heavy atom. The molecule has 0 aliphatic carbocycles. The lowest BCUT2D eigenvalue weighted by Gasteiger charge is -2.15. The Balaban J connectivity index is 1.99. The molecule has 1 aliphatic rings. The number of amides is 1. The Bertz CT molecular complexity index is 379. The van der Waals surface area contributed by atoms with Crippen LogP contribution >= 0.6 is 15.9 Å². The second-order valence-electron chi connectivity index (χ2n) is 4.06. The molecular formula is C11H14BrN3O. The molecule has 0 aromatic carbocycles. The van der Waals surface area contributed by atoms with Crippen LogP contribution in [0, 0.1) is 5.92 Å². The predicted molar refractivity (Wildman–Crippen MR) is 66.1 cm³/mol. The number of carbonyl (C=O) groups excluding carboxylic acids is 1. The van der Waals surface area contributed by atoms with E-state index < -0.39 is 0 Å². The van der Waals surface area contributed by atoms with E-state index in [1.807, 2.05) is 6.07 Å². The van der Waals surface area contributed by atoms with E-state index in [9.17, 15) is 4.79 Å². The molecule has 0 bridgehead atoms. The van der Waals surface area contributed by atoms with E-state index in [2.05, 4.69) is 38.5 Å². The van der Waals surface area contributed by atoms with Gasteiger partial charge in [0.05, 0.1) is 17.9 Å². The van der Waals surface area contributed by atoms with E-state index in [1.165, 1.54) is 0 Å². The minimum Gasteiger partial charge on any atom is -0.323 e. The van der Waals surface area contributed by atoms with E-state index in [0.29, 0.717) is 5.92 Å². The highest BCUT2D eigenvalue weighted by molar-refractivity contribution is 9.10. The van der Waals surface area contributed by atoms with E-state index in [1.54, 1.807) is 12.3 Å². The van der Waals surface area contributed by atoms with Gasteiger partial charge in [0.25, 0.3) is 0 Å². The van der Waals surface area contributed by atoms with Gasteiger partial charge in [-0.1, -0.05) is 6.92 Å². The quantitative estimate of drug-likeness (QED) is 0.814. The zero-order chi connectivity index (χ0) is 11.5. The fraction of sp³-hybridized carbons (Fsp3) is 0.455. The van der Waals surface area contributed by atoms with Crippen LogP contribution in [0.5, 0.6) is 0 Å². The number of nitrogens with one attached hydrogen (secondary N) is 2. The maximum absolute atomic E-state index is 11.9. The number of nitrogens with zero attached hydrogens (tertiary/aromatic N) is 1. The summed E-state index contributed by atoms with van der Waals surface area (Å²) >= 11 is 3.25. The molecule has 1 aromatic rings. The van der Waals surface area contributed by atoms with E-state index in [0.717, 1.165) is 23.3 Å². The zero-order valence-electron chi connectivity index (χ0n) is 9.03. The first kappa shape index (κ1) is 11.5. The van der Waals surface area contributed by atoms with Crippen molar-refractivity contribution in [3.63, 3.8) is 0 Å². The molecule has 0 spiro atoms. The summed E-state index contributed by atoms with van der Waals surface area (Å²) in [6, 6.07) is 3.55. The fourth-order valence-corrected chi connectivity index (χ4v) is 2.09. The predicted octanol–water partition coefficient (Wildman–Crippen LogP) is 1.78. The van der Waals surface area contributed by atoms with Crippen LogP contribution in [0.3, 0.4) is 0 Å². The van der Waals surface area contributed by atoms with Crippen LogP contribution in [-0.2, 0) is 4.79 Å². The standard InChI is InChI=1S/C11H14BrN3O/c1-7-4-5-13-10(7)11(16)15-8-2-3-9(12)14-6-8/h2-3,6-7,10,13H,4-5H2,1H3,(H,15,16). The molecule has 1 amide bonds. The van der Waals surface area contributed by atoms with Gasteiger partial charge in [0, 0.05) is 0 Å².